The maximum Gasteiger partial charge on any atom is 0.338 e. The first-order chi connectivity index (χ1) is 12.2. The molecule has 26 heavy (non-hydrogen) atoms. The van der Waals surface area contributed by atoms with Gasteiger partial charge in [-0.25, -0.2) is 17.9 Å². The molecule has 0 spiro atoms. The molecule has 2 N–H and O–H groups in total. The van der Waals surface area contributed by atoms with E-state index in [0.717, 1.165) is 6.07 Å². The van der Waals surface area contributed by atoms with Gasteiger partial charge in [0, 0.05) is 10.7 Å². The number of rotatable bonds is 6. The van der Waals surface area contributed by atoms with Crippen molar-refractivity contribution in [2.75, 3.05) is 19.0 Å². The van der Waals surface area contributed by atoms with Crippen LogP contribution in [0.4, 0.5) is 5.69 Å². The molecule has 2 rings (SSSR count). The molecule has 0 bridgehead atoms. The number of esters is 1. The van der Waals surface area contributed by atoms with Crippen molar-refractivity contribution in [3.63, 3.8) is 0 Å². The molecule has 7 nitrogen and oxygen atoms in total. The molecule has 0 unspecified atom stereocenters. The van der Waals surface area contributed by atoms with Gasteiger partial charge in [-0.05, 0) is 49.5 Å². The Bertz CT molecular complexity index is 930. The van der Waals surface area contributed by atoms with Crippen LogP contribution in [0.3, 0.4) is 0 Å². The van der Waals surface area contributed by atoms with Crippen LogP contribution >= 0.6 is 23.2 Å². The standard InChI is InChI=1S/C16H14Cl2N2O5S/c1-19-26(23,24)14-8-10(2-7-13(14)18)16(22)25-9-15(21)20-12-5-3-11(17)4-6-12/h2-8,19H,9H2,1H3,(H,20,21). The normalized spacial score (nSPS) is 11.0. The predicted molar refractivity (Wildman–Crippen MR) is 98.1 cm³/mol. The summed E-state index contributed by atoms with van der Waals surface area (Å²) in [6.45, 7) is -0.543. The SMILES string of the molecule is CNS(=O)(=O)c1cc(C(=O)OCC(=O)Nc2ccc(Cl)cc2)ccc1Cl. The fraction of sp³-hybridized carbons (Fsp3) is 0.125. The van der Waals surface area contributed by atoms with Gasteiger partial charge in [-0.1, -0.05) is 23.2 Å². The average Bonchev–Trinajstić information content (AvgIpc) is 2.62. The Morgan fingerprint density at radius 1 is 1.08 bits per heavy atom. The Kier molecular flexibility index (Phi) is 6.60. The number of nitrogens with one attached hydrogen (secondary N) is 2. The van der Waals surface area contributed by atoms with Crippen LogP contribution in [0.2, 0.25) is 10.0 Å². The summed E-state index contributed by atoms with van der Waals surface area (Å²) < 4.78 is 30.7. The number of sulfonamides is 1. The quantitative estimate of drug-likeness (QED) is 0.704. The lowest BCUT2D eigenvalue weighted by Crippen LogP contribution is -2.22. The first-order valence-corrected chi connectivity index (χ1v) is 9.42. The van der Waals surface area contributed by atoms with Crippen LogP contribution in [-0.4, -0.2) is 33.9 Å². The van der Waals surface area contributed by atoms with Gasteiger partial charge in [-0.2, -0.15) is 0 Å². The number of benzene rings is 2. The lowest BCUT2D eigenvalue weighted by Gasteiger charge is -2.09. The van der Waals surface area contributed by atoms with Crippen molar-refractivity contribution in [2.45, 2.75) is 4.90 Å². The second-order valence-electron chi connectivity index (χ2n) is 4.98. The van der Waals surface area contributed by atoms with E-state index in [1.807, 2.05) is 0 Å². The minimum Gasteiger partial charge on any atom is -0.452 e. The molecule has 0 saturated heterocycles. The summed E-state index contributed by atoms with van der Waals surface area (Å²) in [5, 5.41) is 3.00. The fourth-order valence-electron chi connectivity index (χ4n) is 1.89. The highest BCUT2D eigenvalue weighted by Gasteiger charge is 2.19. The van der Waals surface area contributed by atoms with Crippen molar-refractivity contribution in [1.29, 1.82) is 0 Å². The van der Waals surface area contributed by atoms with Gasteiger partial charge in [0.25, 0.3) is 5.91 Å². The Labute approximate surface area is 160 Å². The molecule has 10 heteroatoms. The van der Waals surface area contributed by atoms with Gasteiger partial charge >= 0.3 is 5.97 Å². The van der Waals surface area contributed by atoms with Crippen LogP contribution < -0.4 is 10.0 Å². The molecule has 1 amide bonds. The Balaban J connectivity index is 2.02. The first-order valence-electron chi connectivity index (χ1n) is 7.18. The van der Waals surface area contributed by atoms with Gasteiger partial charge < -0.3 is 10.1 Å². The maximum atomic E-state index is 12.0. The summed E-state index contributed by atoms with van der Waals surface area (Å²) in [6, 6.07) is 10.0. The maximum absolute atomic E-state index is 12.0. The van der Waals surface area contributed by atoms with Crippen molar-refractivity contribution in [2.24, 2.45) is 0 Å². The highest BCUT2D eigenvalue weighted by atomic mass is 35.5. The lowest BCUT2D eigenvalue weighted by molar-refractivity contribution is -0.119. The van der Waals surface area contributed by atoms with Crippen molar-refractivity contribution in [3.05, 3.63) is 58.1 Å². The van der Waals surface area contributed by atoms with Gasteiger partial charge in [-0.15, -0.1) is 0 Å². The van der Waals surface area contributed by atoms with E-state index in [2.05, 4.69) is 10.0 Å². The van der Waals surface area contributed by atoms with Crippen molar-refractivity contribution in [1.82, 2.24) is 4.72 Å². The van der Waals surface area contributed by atoms with Crippen LogP contribution in [0.15, 0.2) is 47.4 Å². The third-order valence-electron chi connectivity index (χ3n) is 3.19. The minimum absolute atomic E-state index is 0.0450. The molecule has 0 radical (unpaired) electrons. The third kappa shape index (κ3) is 5.18. The predicted octanol–water partition coefficient (Wildman–Crippen LogP) is 2.70. The van der Waals surface area contributed by atoms with E-state index in [0.29, 0.717) is 10.7 Å². The molecule has 0 aliphatic rings. The highest BCUT2D eigenvalue weighted by molar-refractivity contribution is 7.89. The van der Waals surface area contributed by atoms with Crippen LogP contribution in [0, 0.1) is 0 Å². The van der Waals surface area contributed by atoms with Crippen LogP contribution in [0.25, 0.3) is 0 Å². The molecule has 0 atom stereocenters. The van der Waals surface area contributed by atoms with Crippen LogP contribution in [0.5, 0.6) is 0 Å². The molecule has 0 aliphatic heterocycles. The van der Waals surface area contributed by atoms with Gasteiger partial charge in [0.1, 0.15) is 4.90 Å². The van der Waals surface area contributed by atoms with Crippen LogP contribution in [0.1, 0.15) is 10.4 Å². The van der Waals surface area contributed by atoms with E-state index in [1.54, 1.807) is 24.3 Å². The zero-order valence-corrected chi connectivity index (χ0v) is 15.8. The molecular weight excluding hydrogens is 403 g/mol. The Hall–Kier alpha value is -2.13. The average molecular weight is 417 g/mol. The summed E-state index contributed by atoms with van der Waals surface area (Å²) in [4.78, 5) is 23.6. The Morgan fingerprint density at radius 3 is 2.35 bits per heavy atom. The van der Waals surface area contributed by atoms with E-state index in [4.69, 9.17) is 27.9 Å². The molecular formula is C16H14Cl2N2O5S. The summed E-state index contributed by atoms with van der Waals surface area (Å²) in [5.74, 6) is -1.42. The summed E-state index contributed by atoms with van der Waals surface area (Å²) in [7, 11) is -2.62. The molecule has 2 aromatic rings. The monoisotopic (exact) mass is 416 g/mol. The molecule has 0 fully saturated rings. The third-order valence-corrected chi connectivity index (χ3v) is 5.34. The molecule has 0 saturated carbocycles. The first kappa shape index (κ1) is 20.2. The van der Waals surface area contributed by atoms with Crippen LogP contribution in [-0.2, 0) is 19.6 Å². The number of amides is 1. The molecule has 0 aliphatic carbocycles. The second kappa shape index (κ2) is 8.50. The van der Waals surface area contributed by atoms with Crippen molar-refractivity contribution in [3.8, 4) is 0 Å². The van der Waals surface area contributed by atoms with E-state index in [9.17, 15) is 18.0 Å². The zero-order chi connectivity index (χ0) is 19.3. The molecule has 0 aromatic heterocycles. The van der Waals surface area contributed by atoms with E-state index >= 15 is 0 Å². The highest BCUT2D eigenvalue weighted by Crippen LogP contribution is 2.22. The molecule has 0 heterocycles. The van der Waals surface area contributed by atoms with Gasteiger partial charge in [0.15, 0.2) is 6.61 Å². The number of hydrogen-bond acceptors (Lipinski definition) is 5. The van der Waals surface area contributed by atoms with E-state index in [1.165, 1.54) is 19.2 Å². The number of anilines is 1. The number of ether oxygens (including phenoxy) is 1. The molecule has 2 aromatic carbocycles. The zero-order valence-electron chi connectivity index (χ0n) is 13.5. The summed E-state index contributed by atoms with van der Waals surface area (Å²) in [6.07, 6.45) is 0. The molecule has 138 valence electrons. The number of halogens is 2. The Morgan fingerprint density at radius 2 is 1.73 bits per heavy atom. The van der Waals surface area contributed by atoms with Gasteiger partial charge in [-0.3, -0.25) is 4.79 Å². The number of hydrogen-bond donors (Lipinski definition) is 2. The topological polar surface area (TPSA) is 102 Å². The fourth-order valence-corrected chi connectivity index (χ4v) is 3.27. The van der Waals surface area contributed by atoms with E-state index in [-0.39, 0.29) is 15.5 Å². The van der Waals surface area contributed by atoms with E-state index < -0.39 is 28.5 Å². The van der Waals surface area contributed by atoms with Crippen molar-refractivity contribution < 1.29 is 22.7 Å². The minimum atomic E-state index is -3.84. The lowest BCUT2D eigenvalue weighted by atomic mass is 10.2. The second-order valence-corrected chi connectivity index (χ2v) is 7.68. The van der Waals surface area contributed by atoms with Crippen molar-refractivity contribution >= 4 is 50.8 Å². The number of carbonyl (C=O) groups is 2. The smallest absolute Gasteiger partial charge is 0.338 e. The van der Waals surface area contributed by atoms with Gasteiger partial charge in [0.05, 0.1) is 10.6 Å². The number of carbonyl (C=O) groups excluding carboxylic acids is 2. The summed E-state index contributed by atoms with van der Waals surface area (Å²) >= 11 is 11.6. The van der Waals surface area contributed by atoms with Gasteiger partial charge in [0.2, 0.25) is 10.0 Å². The largest absolute Gasteiger partial charge is 0.452 e. The summed E-state index contributed by atoms with van der Waals surface area (Å²) in [5.41, 5.74) is 0.437.